The number of hydrogen-bond donors (Lipinski definition) is 3. The number of amides is 2. The second kappa shape index (κ2) is 12.5. The second-order valence-electron chi connectivity index (χ2n) is 7.95. The number of rotatable bonds is 11. The molecule has 0 bridgehead atoms. The van der Waals surface area contributed by atoms with Crippen LogP contribution in [0.3, 0.4) is 0 Å². The van der Waals surface area contributed by atoms with E-state index >= 15 is 0 Å². The Balaban J connectivity index is 1.37. The summed E-state index contributed by atoms with van der Waals surface area (Å²) < 4.78 is 11.5. The molecule has 0 fully saturated rings. The number of aromatic nitrogens is 2. The summed E-state index contributed by atoms with van der Waals surface area (Å²) in [5.74, 6) is 0.471. The first kappa shape index (κ1) is 25.0. The van der Waals surface area contributed by atoms with Gasteiger partial charge in [-0.3, -0.25) is 9.59 Å². The van der Waals surface area contributed by atoms with Crippen LogP contribution >= 0.6 is 11.6 Å². The first-order valence-corrected chi connectivity index (χ1v) is 11.7. The van der Waals surface area contributed by atoms with Crippen LogP contribution in [0.1, 0.15) is 11.3 Å². The van der Waals surface area contributed by atoms with E-state index in [4.69, 9.17) is 21.1 Å². The van der Waals surface area contributed by atoms with Crippen LogP contribution in [-0.2, 0) is 27.4 Å². The molecule has 0 spiro atoms. The maximum absolute atomic E-state index is 13.0. The van der Waals surface area contributed by atoms with Crippen molar-refractivity contribution < 1.29 is 19.1 Å². The molecule has 4 aromatic rings. The van der Waals surface area contributed by atoms with Crippen LogP contribution in [-0.4, -0.2) is 34.4 Å². The SMILES string of the molecule is O=C(Cc1cnc[nH]1)NC(COCc1ccccc1)C(=O)Nc1ccc(Oc2cccc(Cl)c2)cc1. The molecule has 184 valence electrons. The van der Waals surface area contributed by atoms with E-state index in [2.05, 4.69) is 20.6 Å². The highest BCUT2D eigenvalue weighted by Gasteiger charge is 2.22. The predicted molar refractivity (Wildman–Crippen MR) is 137 cm³/mol. The number of nitrogens with one attached hydrogen (secondary N) is 3. The van der Waals surface area contributed by atoms with Crippen LogP contribution in [0, 0.1) is 0 Å². The summed E-state index contributed by atoms with van der Waals surface area (Å²) in [5.41, 5.74) is 2.16. The zero-order valence-electron chi connectivity index (χ0n) is 19.3. The second-order valence-corrected chi connectivity index (χ2v) is 8.38. The van der Waals surface area contributed by atoms with E-state index in [0.717, 1.165) is 5.56 Å². The standard InChI is InChI=1S/C27H25ClN4O4/c28-20-7-4-8-24(13-20)36-23-11-9-21(10-12-23)31-27(34)25(17-35-16-19-5-2-1-3-6-19)32-26(33)14-22-15-29-18-30-22/h1-13,15,18,25H,14,16-17H2,(H,29,30)(H,31,34)(H,32,33). The summed E-state index contributed by atoms with van der Waals surface area (Å²) in [4.78, 5) is 32.4. The molecular weight excluding hydrogens is 480 g/mol. The largest absolute Gasteiger partial charge is 0.457 e. The fourth-order valence-corrected chi connectivity index (χ4v) is 3.53. The fourth-order valence-electron chi connectivity index (χ4n) is 3.35. The fraction of sp³-hybridized carbons (Fsp3) is 0.148. The summed E-state index contributed by atoms with van der Waals surface area (Å²) in [5, 5.41) is 6.15. The summed E-state index contributed by atoms with van der Waals surface area (Å²) in [6.45, 7) is 0.321. The summed E-state index contributed by atoms with van der Waals surface area (Å²) in [6, 6.07) is 22.7. The zero-order chi connectivity index (χ0) is 25.2. The van der Waals surface area contributed by atoms with Gasteiger partial charge in [-0.2, -0.15) is 0 Å². The van der Waals surface area contributed by atoms with E-state index in [1.807, 2.05) is 30.3 Å². The van der Waals surface area contributed by atoms with Crippen LogP contribution in [0.5, 0.6) is 11.5 Å². The molecule has 36 heavy (non-hydrogen) atoms. The molecule has 1 heterocycles. The van der Waals surface area contributed by atoms with Gasteiger partial charge in [-0.1, -0.05) is 48.0 Å². The number of hydrogen-bond acceptors (Lipinski definition) is 5. The first-order valence-electron chi connectivity index (χ1n) is 11.3. The third-order valence-electron chi connectivity index (χ3n) is 5.11. The molecule has 1 unspecified atom stereocenters. The van der Waals surface area contributed by atoms with Gasteiger partial charge in [0.25, 0.3) is 0 Å². The van der Waals surface area contributed by atoms with Crippen LogP contribution in [0.15, 0.2) is 91.4 Å². The molecular formula is C27H25ClN4O4. The Kier molecular flexibility index (Phi) is 8.69. The van der Waals surface area contributed by atoms with E-state index in [0.29, 0.717) is 34.5 Å². The average molecular weight is 505 g/mol. The normalized spacial score (nSPS) is 11.5. The Morgan fingerprint density at radius 1 is 0.972 bits per heavy atom. The van der Waals surface area contributed by atoms with Crippen LogP contribution in [0.4, 0.5) is 5.69 Å². The van der Waals surface area contributed by atoms with E-state index in [9.17, 15) is 9.59 Å². The minimum Gasteiger partial charge on any atom is -0.457 e. The van der Waals surface area contributed by atoms with Crippen molar-refractivity contribution in [2.75, 3.05) is 11.9 Å². The molecule has 4 rings (SSSR count). The van der Waals surface area contributed by atoms with Gasteiger partial charge in [0.1, 0.15) is 17.5 Å². The molecule has 3 N–H and O–H groups in total. The summed E-state index contributed by atoms with van der Waals surface area (Å²) in [7, 11) is 0. The molecule has 0 aliphatic rings. The Hall–Kier alpha value is -4.14. The smallest absolute Gasteiger partial charge is 0.249 e. The molecule has 1 atom stereocenters. The highest BCUT2D eigenvalue weighted by Crippen LogP contribution is 2.25. The number of carbonyl (C=O) groups is 2. The minimum absolute atomic E-state index is 0.00536. The maximum atomic E-state index is 13.0. The summed E-state index contributed by atoms with van der Waals surface area (Å²) in [6.07, 6.45) is 3.13. The van der Waals surface area contributed by atoms with Crippen molar-refractivity contribution in [1.29, 1.82) is 0 Å². The van der Waals surface area contributed by atoms with Crippen molar-refractivity contribution in [3.63, 3.8) is 0 Å². The minimum atomic E-state index is -0.897. The quantitative estimate of drug-likeness (QED) is 0.273. The zero-order valence-corrected chi connectivity index (χ0v) is 20.1. The molecule has 9 heteroatoms. The van der Waals surface area contributed by atoms with Crippen LogP contribution < -0.4 is 15.4 Å². The Bertz CT molecular complexity index is 1260. The van der Waals surface area contributed by atoms with Crippen molar-refractivity contribution in [1.82, 2.24) is 15.3 Å². The topological polar surface area (TPSA) is 105 Å². The number of carbonyl (C=O) groups excluding carboxylic acids is 2. The predicted octanol–water partition coefficient (Wildman–Crippen LogP) is 4.74. The molecule has 1 aromatic heterocycles. The molecule has 0 saturated heterocycles. The average Bonchev–Trinajstić information content (AvgIpc) is 3.38. The number of H-pyrrole nitrogens is 1. The van der Waals surface area contributed by atoms with Gasteiger partial charge in [0.05, 0.1) is 26.0 Å². The van der Waals surface area contributed by atoms with Gasteiger partial charge >= 0.3 is 0 Å². The lowest BCUT2D eigenvalue weighted by Crippen LogP contribution is -2.47. The number of aromatic amines is 1. The number of halogens is 1. The number of anilines is 1. The lowest BCUT2D eigenvalue weighted by atomic mass is 10.2. The van der Waals surface area contributed by atoms with Gasteiger partial charge in [-0.15, -0.1) is 0 Å². The maximum Gasteiger partial charge on any atom is 0.249 e. The molecule has 3 aromatic carbocycles. The van der Waals surface area contributed by atoms with Gasteiger partial charge < -0.3 is 25.1 Å². The van der Waals surface area contributed by atoms with E-state index in [1.165, 1.54) is 6.33 Å². The molecule has 2 amide bonds. The third kappa shape index (κ3) is 7.69. The lowest BCUT2D eigenvalue weighted by molar-refractivity contribution is -0.127. The van der Waals surface area contributed by atoms with Gasteiger partial charge in [0.2, 0.25) is 11.8 Å². The number of benzene rings is 3. The number of imidazole rings is 1. The molecule has 0 saturated carbocycles. The van der Waals surface area contributed by atoms with Crippen molar-refractivity contribution in [2.45, 2.75) is 19.1 Å². The molecule has 0 aliphatic carbocycles. The van der Waals surface area contributed by atoms with E-state index < -0.39 is 11.9 Å². The van der Waals surface area contributed by atoms with Crippen molar-refractivity contribution in [3.05, 3.63) is 108 Å². The lowest BCUT2D eigenvalue weighted by Gasteiger charge is -2.19. The first-order chi connectivity index (χ1) is 17.5. The number of ether oxygens (including phenoxy) is 2. The van der Waals surface area contributed by atoms with Crippen molar-refractivity contribution >= 4 is 29.1 Å². The van der Waals surface area contributed by atoms with Gasteiger partial charge in [0.15, 0.2) is 0 Å². The molecule has 0 radical (unpaired) electrons. The van der Waals surface area contributed by atoms with Crippen LogP contribution in [0.2, 0.25) is 5.02 Å². The highest BCUT2D eigenvalue weighted by molar-refractivity contribution is 6.30. The summed E-state index contributed by atoms with van der Waals surface area (Å²) >= 11 is 6.00. The van der Waals surface area contributed by atoms with Crippen LogP contribution in [0.25, 0.3) is 0 Å². The van der Waals surface area contributed by atoms with Crippen molar-refractivity contribution in [3.8, 4) is 11.5 Å². The third-order valence-corrected chi connectivity index (χ3v) is 5.34. The molecule has 8 nitrogen and oxygen atoms in total. The Morgan fingerprint density at radius 3 is 2.50 bits per heavy atom. The Labute approximate surface area is 213 Å². The van der Waals surface area contributed by atoms with Crippen molar-refractivity contribution in [2.24, 2.45) is 0 Å². The monoisotopic (exact) mass is 504 g/mol. The molecule has 0 aliphatic heterocycles. The van der Waals surface area contributed by atoms with Gasteiger partial charge in [-0.25, -0.2) is 4.98 Å². The van der Waals surface area contributed by atoms with E-state index in [1.54, 1.807) is 54.7 Å². The highest BCUT2D eigenvalue weighted by atomic mass is 35.5. The van der Waals surface area contributed by atoms with Gasteiger partial charge in [-0.05, 0) is 48.0 Å². The van der Waals surface area contributed by atoms with Gasteiger partial charge in [0, 0.05) is 22.6 Å². The number of nitrogens with zero attached hydrogens (tertiary/aromatic N) is 1. The Morgan fingerprint density at radius 2 is 1.78 bits per heavy atom. The van der Waals surface area contributed by atoms with E-state index in [-0.39, 0.29) is 18.9 Å².